The molecule has 1 aliphatic rings. The first-order valence-corrected chi connectivity index (χ1v) is 7.83. The SMILES string of the molecule is COCCN(CCOC)C(C(=O)N1CCNCC1)C(C)C. The van der Waals surface area contributed by atoms with Gasteiger partial charge in [0, 0.05) is 53.5 Å². The fourth-order valence-electron chi connectivity index (χ4n) is 2.74. The molecular weight excluding hydrogens is 270 g/mol. The average molecular weight is 301 g/mol. The van der Waals surface area contributed by atoms with Crippen molar-refractivity contribution in [3.8, 4) is 0 Å². The topological polar surface area (TPSA) is 54.0 Å². The summed E-state index contributed by atoms with van der Waals surface area (Å²) in [4.78, 5) is 17.1. The summed E-state index contributed by atoms with van der Waals surface area (Å²) >= 11 is 0. The highest BCUT2D eigenvalue weighted by molar-refractivity contribution is 5.82. The van der Waals surface area contributed by atoms with Gasteiger partial charge in [0.1, 0.15) is 0 Å². The molecule has 0 aliphatic carbocycles. The molecule has 1 unspecified atom stereocenters. The van der Waals surface area contributed by atoms with Crippen LogP contribution in [0.1, 0.15) is 13.8 Å². The number of hydrogen-bond donors (Lipinski definition) is 1. The quantitative estimate of drug-likeness (QED) is 0.651. The molecule has 6 heteroatoms. The van der Waals surface area contributed by atoms with Crippen LogP contribution in [-0.4, -0.2) is 88.5 Å². The zero-order valence-electron chi connectivity index (χ0n) is 13.9. The number of carbonyl (C=O) groups excluding carboxylic acids is 1. The molecule has 1 fully saturated rings. The number of ether oxygens (including phenoxy) is 2. The van der Waals surface area contributed by atoms with Crippen molar-refractivity contribution in [2.24, 2.45) is 5.92 Å². The van der Waals surface area contributed by atoms with E-state index >= 15 is 0 Å². The van der Waals surface area contributed by atoms with Crippen LogP contribution in [0.2, 0.25) is 0 Å². The predicted molar refractivity (Wildman–Crippen MR) is 83.4 cm³/mol. The highest BCUT2D eigenvalue weighted by atomic mass is 16.5. The maximum atomic E-state index is 12.9. The summed E-state index contributed by atoms with van der Waals surface area (Å²) in [6, 6.07) is -0.103. The molecule has 1 N–H and O–H groups in total. The molecule has 1 saturated heterocycles. The first-order valence-electron chi connectivity index (χ1n) is 7.83. The van der Waals surface area contributed by atoms with Crippen molar-refractivity contribution in [2.45, 2.75) is 19.9 Å². The number of nitrogens with zero attached hydrogens (tertiary/aromatic N) is 2. The summed E-state index contributed by atoms with van der Waals surface area (Å²) < 4.78 is 10.4. The molecule has 21 heavy (non-hydrogen) atoms. The van der Waals surface area contributed by atoms with Gasteiger partial charge in [-0.25, -0.2) is 0 Å². The van der Waals surface area contributed by atoms with Gasteiger partial charge in [-0.05, 0) is 5.92 Å². The molecule has 1 rings (SSSR count). The number of rotatable bonds is 9. The molecule has 0 aromatic carbocycles. The van der Waals surface area contributed by atoms with Crippen LogP contribution in [0.5, 0.6) is 0 Å². The Bertz CT molecular complexity index is 286. The smallest absolute Gasteiger partial charge is 0.240 e. The van der Waals surface area contributed by atoms with Crippen LogP contribution < -0.4 is 5.32 Å². The lowest BCUT2D eigenvalue weighted by molar-refractivity contribution is -0.140. The maximum absolute atomic E-state index is 12.9. The zero-order chi connectivity index (χ0) is 15.7. The molecule has 0 spiro atoms. The molecule has 0 radical (unpaired) electrons. The van der Waals surface area contributed by atoms with Crippen LogP contribution in [0.4, 0.5) is 0 Å². The second kappa shape index (κ2) is 10.1. The van der Waals surface area contributed by atoms with E-state index in [1.807, 2.05) is 4.90 Å². The van der Waals surface area contributed by atoms with Gasteiger partial charge in [0.2, 0.25) is 5.91 Å². The number of carbonyl (C=O) groups is 1. The summed E-state index contributed by atoms with van der Waals surface area (Å²) in [6.07, 6.45) is 0. The van der Waals surface area contributed by atoms with Crippen molar-refractivity contribution in [2.75, 3.05) is 66.7 Å². The van der Waals surface area contributed by atoms with Gasteiger partial charge in [-0.15, -0.1) is 0 Å². The number of piperazine rings is 1. The summed E-state index contributed by atoms with van der Waals surface area (Å²) in [5.41, 5.74) is 0. The number of hydrogen-bond acceptors (Lipinski definition) is 5. The Morgan fingerprint density at radius 2 is 1.67 bits per heavy atom. The van der Waals surface area contributed by atoms with Crippen molar-refractivity contribution in [1.29, 1.82) is 0 Å². The van der Waals surface area contributed by atoms with Crippen molar-refractivity contribution in [3.63, 3.8) is 0 Å². The van der Waals surface area contributed by atoms with E-state index in [1.54, 1.807) is 14.2 Å². The lowest BCUT2D eigenvalue weighted by atomic mass is 10.00. The third-order valence-corrected chi connectivity index (χ3v) is 3.87. The minimum absolute atomic E-state index is 0.103. The Morgan fingerprint density at radius 1 is 1.14 bits per heavy atom. The molecule has 0 saturated carbocycles. The van der Waals surface area contributed by atoms with Crippen LogP contribution in [0.3, 0.4) is 0 Å². The lowest BCUT2D eigenvalue weighted by Gasteiger charge is -2.38. The summed E-state index contributed by atoms with van der Waals surface area (Å²) in [6.45, 7) is 10.3. The van der Waals surface area contributed by atoms with E-state index in [9.17, 15) is 4.79 Å². The van der Waals surface area contributed by atoms with Crippen molar-refractivity contribution < 1.29 is 14.3 Å². The molecule has 1 aliphatic heterocycles. The van der Waals surface area contributed by atoms with Crippen LogP contribution in [-0.2, 0) is 14.3 Å². The van der Waals surface area contributed by atoms with Crippen molar-refractivity contribution in [1.82, 2.24) is 15.1 Å². The molecule has 0 bridgehead atoms. The number of methoxy groups -OCH3 is 2. The third-order valence-electron chi connectivity index (χ3n) is 3.87. The second-order valence-corrected chi connectivity index (χ2v) is 5.79. The predicted octanol–water partition coefficient (Wildman–Crippen LogP) is 0.0376. The van der Waals surface area contributed by atoms with Gasteiger partial charge in [-0.3, -0.25) is 9.69 Å². The first-order chi connectivity index (χ1) is 10.1. The summed E-state index contributed by atoms with van der Waals surface area (Å²) in [5.74, 6) is 0.500. The minimum Gasteiger partial charge on any atom is -0.383 e. The molecule has 1 amide bonds. The molecule has 0 aromatic rings. The summed E-state index contributed by atoms with van der Waals surface area (Å²) in [5, 5.41) is 3.29. The zero-order valence-corrected chi connectivity index (χ0v) is 13.9. The standard InChI is InChI=1S/C15H31N3O3/c1-13(2)14(15(19)18-7-5-16-6-8-18)17(9-11-20-3)10-12-21-4/h13-14,16H,5-12H2,1-4H3. The second-order valence-electron chi connectivity index (χ2n) is 5.79. The molecule has 124 valence electrons. The fourth-order valence-corrected chi connectivity index (χ4v) is 2.74. The molecular formula is C15H31N3O3. The van der Waals surface area contributed by atoms with E-state index in [-0.39, 0.29) is 17.9 Å². The van der Waals surface area contributed by atoms with E-state index in [2.05, 4.69) is 24.1 Å². The number of amides is 1. The fraction of sp³-hybridized carbons (Fsp3) is 0.933. The van der Waals surface area contributed by atoms with Crippen LogP contribution in [0.15, 0.2) is 0 Å². The van der Waals surface area contributed by atoms with E-state index in [1.165, 1.54) is 0 Å². The minimum atomic E-state index is -0.103. The van der Waals surface area contributed by atoms with Gasteiger partial charge >= 0.3 is 0 Å². The Kier molecular flexibility index (Phi) is 8.84. The van der Waals surface area contributed by atoms with E-state index in [4.69, 9.17) is 9.47 Å². The number of nitrogens with one attached hydrogen (secondary N) is 1. The van der Waals surface area contributed by atoms with Crippen LogP contribution >= 0.6 is 0 Å². The molecule has 0 aromatic heterocycles. The first kappa shape index (κ1) is 18.4. The third kappa shape index (κ3) is 5.90. The van der Waals surface area contributed by atoms with Gasteiger partial charge in [0.05, 0.1) is 19.3 Å². The maximum Gasteiger partial charge on any atom is 0.240 e. The van der Waals surface area contributed by atoms with Crippen molar-refractivity contribution in [3.05, 3.63) is 0 Å². The Morgan fingerprint density at radius 3 is 2.10 bits per heavy atom. The Balaban J connectivity index is 2.75. The van der Waals surface area contributed by atoms with Gasteiger partial charge in [-0.2, -0.15) is 0 Å². The van der Waals surface area contributed by atoms with Crippen LogP contribution in [0.25, 0.3) is 0 Å². The average Bonchev–Trinajstić information content (AvgIpc) is 2.50. The van der Waals surface area contributed by atoms with Gasteiger partial charge in [-0.1, -0.05) is 13.8 Å². The molecule has 1 atom stereocenters. The van der Waals surface area contributed by atoms with E-state index < -0.39 is 0 Å². The lowest BCUT2D eigenvalue weighted by Crippen LogP contribution is -2.56. The normalized spacial score (nSPS) is 17.5. The highest BCUT2D eigenvalue weighted by Crippen LogP contribution is 2.15. The molecule has 1 heterocycles. The van der Waals surface area contributed by atoms with Gasteiger partial charge in [0.15, 0.2) is 0 Å². The highest BCUT2D eigenvalue weighted by Gasteiger charge is 2.32. The largest absolute Gasteiger partial charge is 0.383 e. The van der Waals surface area contributed by atoms with Gasteiger partial charge < -0.3 is 19.7 Å². The van der Waals surface area contributed by atoms with Crippen LogP contribution in [0, 0.1) is 5.92 Å². The van der Waals surface area contributed by atoms with Gasteiger partial charge in [0.25, 0.3) is 0 Å². The van der Waals surface area contributed by atoms with Crippen molar-refractivity contribution >= 4 is 5.91 Å². The summed E-state index contributed by atoms with van der Waals surface area (Å²) in [7, 11) is 3.38. The van der Waals surface area contributed by atoms with E-state index in [0.717, 1.165) is 39.3 Å². The Hall–Kier alpha value is -0.690. The monoisotopic (exact) mass is 301 g/mol. The Labute approximate surface area is 128 Å². The van der Waals surface area contributed by atoms with E-state index in [0.29, 0.717) is 13.2 Å². The molecule has 6 nitrogen and oxygen atoms in total.